The normalized spacial score (nSPS) is 11.1. The summed E-state index contributed by atoms with van der Waals surface area (Å²) in [6.45, 7) is 3.06. The SMILES string of the molecule is CN(C)CCNC(=O)c1nc(NC(=O)c2nc(NC(=O)c3nc(NCc4ccc(N(CCCl)CCCl)cc4)cn3C)cn2C)cn1C. The van der Waals surface area contributed by atoms with Crippen molar-refractivity contribution in [1.82, 2.24) is 38.9 Å². The van der Waals surface area contributed by atoms with Crippen LogP contribution in [-0.2, 0) is 27.7 Å². The molecule has 1 aromatic carbocycles. The smallest absolute Gasteiger partial charge is 0.292 e. The van der Waals surface area contributed by atoms with Crippen molar-refractivity contribution in [2.24, 2.45) is 21.1 Å². The molecule has 3 amide bonds. The second kappa shape index (κ2) is 16.3. The van der Waals surface area contributed by atoms with Gasteiger partial charge in [0.2, 0.25) is 17.5 Å². The van der Waals surface area contributed by atoms with E-state index in [0.717, 1.165) is 11.3 Å². The van der Waals surface area contributed by atoms with Crippen LogP contribution in [0.4, 0.5) is 23.1 Å². The molecule has 0 aliphatic carbocycles. The predicted molar refractivity (Wildman–Crippen MR) is 184 cm³/mol. The van der Waals surface area contributed by atoms with Gasteiger partial charge in [-0.3, -0.25) is 14.4 Å². The minimum absolute atomic E-state index is 0.0320. The van der Waals surface area contributed by atoms with Gasteiger partial charge >= 0.3 is 0 Å². The molecule has 0 aliphatic rings. The lowest BCUT2D eigenvalue weighted by molar-refractivity contribution is 0.0935. The summed E-state index contributed by atoms with van der Waals surface area (Å²) in [5.41, 5.74) is 2.08. The summed E-state index contributed by atoms with van der Waals surface area (Å²) in [4.78, 5) is 55.6. The van der Waals surface area contributed by atoms with E-state index >= 15 is 0 Å². The van der Waals surface area contributed by atoms with Crippen molar-refractivity contribution in [3.63, 3.8) is 0 Å². The predicted octanol–water partition coefficient (Wildman–Crippen LogP) is 2.58. The lowest BCUT2D eigenvalue weighted by atomic mass is 10.2. The first-order valence-electron chi connectivity index (χ1n) is 14.8. The van der Waals surface area contributed by atoms with Gasteiger partial charge in [-0.25, -0.2) is 15.0 Å². The van der Waals surface area contributed by atoms with Crippen LogP contribution >= 0.6 is 23.2 Å². The van der Waals surface area contributed by atoms with Gasteiger partial charge in [0.1, 0.15) is 5.82 Å². The van der Waals surface area contributed by atoms with Crippen molar-refractivity contribution in [2.45, 2.75) is 6.54 Å². The summed E-state index contributed by atoms with van der Waals surface area (Å²) in [7, 11) is 8.82. The highest BCUT2D eigenvalue weighted by atomic mass is 35.5. The lowest BCUT2D eigenvalue weighted by Gasteiger charge is -2.23. The number of halogens is 2. The third-order valence-electron chi connectivity index (χ3n) is 7.05. The first-order chi connectivity index (χ1) is 22.5. The van der Waals surface area contributed by atoms with E-state index in [2.05, 4.69) is 41.1 Å². The molecule has 0 saturated carbocycles. The Bertz CT molecular complexity index is 1670. The Balaban J connectivity index is 1.33. The zero-order valence-corrected chi connectivity index (χ0v) is 28.6. The monoisotopic (exact) mass is 686 g/mol. The number of carbonyl (C=O) groups excluding carboxylic acids is 3. The number of nitrogens with one attached hydrogen (secondary N) is 4. The van der Waals surface area contributed by atoms with Crippen LogP contribution in [0.1, 0.15) is 37.4 Å². The highest BCUT2D eigenvalue weighted by Crippen LogP contribution is 2.18. The summed E-state index contributed by atoms with van der Waals surface area (Å²) < 4.78 is 4.60. The molecule has 0 radical (unpaired) electrons. The number of alkyl halides is 2. The number of rotatable bonds is 16. The fraction of sp³-hybridized carbons (Fsp3) is 0.400. The van der Waals surface area contributed by atoms with Crippen molar-refractivity contribution < 1.29 is 14.4 Å². The minimum Gasteiger partial charge on any atom is -0.369 e. The molecule has 15 nitrogen and oxygen atoms in total. The second-order valence-corrected chi connectivity index (χ2v) is 11.8. The van der Waals surface area contributed by atoms with Gasteiger partial charge in [-0.2, -0.15) is 0 Å². The first kappa shape index (κ1) is 35.3. The van der Waals surface area contributed by atoms with E-state index in [1.807, 2.05) is 43.3 Å². The van der Waals surface area contributed by atoms with Crippen molar-refractivity contribution in [2.75, 3.05) is 72.9 Å². The highest BCUT2D eigenvalue weighted by Gasteiger charge is 2.21. The van der Waals surface area contributed by atoms with Crippen LogP contribution in [0.3, 0.4) is 0 Å². The lowest BCUT2D eigenvalue weighted by Crippen LogP contribution is -2.32. The number of aryl methyl sites for hydroxylation is 3. The maximum Gasteiger partial charge on any atom is 0.292 e. The van der Waals surface area contributed by atoms with Crippen molar-refractivity contribution >= 4 is 64.1 Å². The van der Waals surface area contributed by atoms with Crippen molar-refractivity contribution in [3.05, 3.63) is 65.9 Å². The van der Waals surface area contributed by atoms with Crippen LogP contribution in [-0.4, -0.2) is 103 Å². The number of carbonyl (C=O) groups is 3. The molecule has 0 unspecified atom stereocenters. The van der Waals surface area contributed by atoms with E-state index in [0.29, 0.717) is 50.3 Å². The molecule has 0 fully saturated rings. The third-order valence-corrected chi connectivity index (χ3v) is 7.39. The average molecular weight is 688 g/mol. The Morgan fingerprint density at radius 2 is 1.17 bits per heavy atom. The van der Waals surface area contributed by atoms with Gasteiger partial charge in [0.25, 0.3) is 17.7 Å². The van der Waals surface area contributed by atoms with Gasteiger partial charge in [-0.15, -0.1) is 23.2 Å². The maximum absolute atomic E-state index is 13.1. The Morgan fingerprint density at radius 1 is 0.702 bits per heavy atom. The quantitative estimate of drug-likeness (QED) is 0.130. The summed E-state index contributed by atoms with van der Waals surface area (Å²) in [5, 5.41) is 11.4. The highest BCUT2D eigenvalue weighted by molar-refractivity contribution is 6.18. The second-order valence-electron chi connectivity index (χ2n) is 11.0. The van der Waals surface area contributed by atoms with Gasteiger partial charge < -0.3 is 44.8 Å². The number of amides is 3. The molecule has 47 heavy (non-hydrogen) atoms. The first-order valence-corrected chi connectivity index (χ1v) is 15.9. The van der Waals surface area contributed by atoms with E-state index < -0.39 is 11.8 Å². The molecule has 4 rings (SSSR count). The Morgan fingerprint density at radius 3 is 1.66 bits per heavy atom. The number of hydrogen-bond acceptors (Lipinski definition) is 9. The van der Waals surface area contributed by atoms with Gasteiger partial charge in [0.15, 0.2) is 11.6 Å². The fourth-order valence-corrected chi connectivity index (χ4v) is 5.05. The van der Waals surface area contributed by atoms with Crippen LogP contribution in [0.5, 0.6) is 0 Å². The molecule has 3 heterocycles. The topological polar surface area (TPSA) is 159 Å². The Hall–Kier alpha value is -4.60. The van der Waals surface area contributed by atoms with Gasteiger partial charge in [-0.1, -0.05) is 12.1 Å². The van der Waals surface area contributed by atoms with Crippen LogP contribution in [0.15, 0.2) is 42.9 Å². The van der Waals surface area contributed by atoms with Crippen LogP contribution in [0.2, 0.25) is 0 Å². The number of aromatic nitrogens is 6. The van der Waals surface area contributed by atoms with Crippen molar-refractivity contribution in [3.8, 4) is 0 Å². The third kappa shape index (κ3) is 9.47. The molecule has 252 valence electrons. The van der Waals surface area contributed by atoms with Crippen LogP contribution in [0, 0.1) is 0 Å². The minimum atomic E-state index is -0.562. The molecule has 17 heteroatoms. The summed E-state index contributed by atoms with van der Waals surface area (Å²) in [5.74, 6) is 0.831. The summed E-state index contributed by atoms with van der Waals surface area (Å²) in [6, 6.07) is 8.07. The molecule has 4 aromatic rings. The fourth-order valence-electron chi connectivity index (χ4n) is 4.65. The number of imidazole rings is 3. The van der Waals surface area contributed by atoms with Crippen LogP contribution in [0.25, 0.3) is 0 Å². The summed E-state index contributed by atoms with van der Waals surface area (Å²) in [6.07, 6.45) is 4.76. The molecule has 0 atom stereocenters. The van der Waals surface area contributed by atoms with E-state index in [4.69, 9.17) is 23.2 Å². The van der Waals surface area contributed by atoms with Gasteiger partial charge in [0.05, 0.1) is 0 Å². The number of benzene rings is 1. The molecule has 0 aliphatic heterocycles. The molecule has 0 saturated heterocycles. The maximum atomic E-state index is 13.1. The van der Waals surface area contributed by atoms with Crippen LogP contribution < -0.4 is 26.2 Å². The zero-order chi connectivity index (χ0) is 34.1. The van der Waals surface area contributed by atoms with Crippen molar-refractivity contribution in [1.29, 1.82) is 0 Å². The number of hydrogen-bond donors (Lipinski definition) is 4. The van der Waals surface area contributed by atoms with E-state index in [1.54, 1.807) is 31.9 Å². The zero-order valence-electron chi connectivity index (χ0n) is 27.0. The summed E-state index contributed by atoms with van der Waals surface area (Å²) >= 11 is 11.8. The van der Waals surface area contributed by atoms with Gasteiger partial charge in [0, 0.05) is 89.9 Å². The van der Waals surface area contributed by atoms with Gasteiger partial charge in [-0.05, 0) is 31.8 Å². The van der Waals surface area contributed by atoms with E-state index in [9.17, 15) is 14.4 Å². The standard InChI is InChI=1S/C30H40Cl2N12O3/c1-40(2)15-12-33-28(45)25-36-23(18-42(25)4)38-30(47)27-37-24(19-43(27)5)39-29(46)26-35-22(17-41(26)3)34-16-20-6-8-21(9-7-20)44(13-10-31)14-11-32/h6-9,17-19,34H,10-16H2,1-5H3,(H,33,45)(H,38,47)(H,39,46). The average Bonchev–Trinajstić information content (AvgIpc) is 3.71. The number of likely N-dealkylation sites (N-methyl/N-ethyl adjacent to an activating group) is 1. The van der Waals surface area contributed by atoms with E-state index in [-0.39, 0.29) is 35.0 Å². The molecule has 0 spiro atoms. The number of nitrogens with zero attached hydrogens (tertiary/aromatic N) is 8. The van der Waals surface area contributed by atoms with E-state index in [1.165, 1.54) is 21.5 Å². The molecule has 4 N–H and O–H groups in total. The molecule has 3 aromatic heterocycles. The molecular weight excluding hydrogens is 647 g/mol. The largest absolute Gasteiger partial charge is 0.369 e. The number of anilines is 4. The molecule has 0 bridgehead atoms. The Kier molecular flexibility index (Phi) is 12.2. The Labute approximate surface area is 283 Å². The molecular formula is C30H40Cl2N12O3.